The third-order valence-corrected chi connectivity index (χ3v) is 3.01. The van der Waals surface area contributed by atoms with E-state index in [1.165, 1.54) is 11.0 Å². The van der Waals surface area contributed by atoms with Gasteiger partial charge in [0.15, 0.2) is 0 Å². The number of carbonyl (C=O) groups excluding carboxylic acids is 1. The third-order valence-electron chi connectivity index (χ3n) is 3.01. The molecule has 0 radical (unpaired) electrons. The van der Waals surface area contributed by atoms with Gasteiger partial charge < -0.3 is 15.3 Å². The number of nitrogens with one attached hydrogen (secondary N) is 1. The van der Waals surface area contributed by atoms with Gasteiger partial charge in [-0.3, -0.25) is 0 Å². The number of rotatable bonds is 6. The van der Waals surface area contributed by atoms with E-state index in [4.69, 9.17) is 5.11 Å². The van der Waals surface area contributed by atoms with Crippen LogP contribution in [0.2, 0.25) is 0 Å². The smallest absolute Gasteiger partial charge is 0.326 e. The summed E-state index contributed by atoms with van der Waals surface area (Å²) in [6.07, 6.45) is 1.67. The Morgan fingerprint density at radius 3 is 2.65 bits per heavy atom. The molecule has 2 amide bonds. The maximum atomic E-state index is 12.0. The van der Waals surface area contributed by atoms with Gasteiger partial charge in [-0.15, -0.1) is 6.58 Å². The van der Waals surface area contributed by atoms with Crippen LogP contribution < -0.4 is 5.32 Å². The van der Waals surface area contributed by atoms with Crippen molar-refractivity contribution in [2.75, 3.05) is 7.05 Å². The van der Waals surface area contributed by atoms with Crippen molar-refractivity contribution in [1.29, 1.82) is 0 Å². The van der Waals surface area contributed by atoms with Crippen LogP contribution in [0.25, 0.3) is 0 Å². The molecule has 1 unspecified atom stereocenters. The first-order chi connectivity index (χ1) is 9.45. The average molecular weight is 276 g/mol. The largest absolute Gasteiger partial charge is 0.480 e. The van der Waals surface area contributed by atoms with Crippen LogP contribution in [0.15, 0.2) is 36.9 Å². The third kappa shape index (κ3) is 4.42. The molecule has 0 aliphatic carbocycles. The Morgan fingerprint density at radius 1 is 1.45 bits per heavy atom. The van der Waals surface area contributed by atoms with E-state index in [1.807, 2.05) is 31.2 Å². The first-order valence-corrected chi connectivity index (χ1v) is 6.35. The van der Waals surface area contributed by atoms with Crippen LogP contribution >= 0.6 is 0 Å². The van der Waals surface area contributed by atoms with Crippen molar-refractivity contribution in [2.24, 2.45) is 0 Å². The van der Waals surface area contributed by atoms with Crippen LogP contribution in [0.1, 0.15) is 17.5 Å². The molecule has 0 saturated heterocycles. The summed E-state index contributed by atoms with van der Waals surface area (Å²) in [6, 6.07) is 6.40. The fraction of sp³-hybridized carbons (Fsp3) is 0.333. The highest BCUT2D eigenvalue weighted by molar-refractivity contribution is 5.82. The Kier molecular flexibility index (Phi) is 5.77. The number of benzene rings is 1. The fourth-order valence-electron chi connectivity index (χ4n) is 1.76. The first-order valence-electron chi connectivity index (χ1n) is 6.35. The van der Waals surface area contributed by atoms with E-state index in [-0.39, 0.29) is 6.42 Å². The van der Waals surface area contributed by atoms with Gasteiger partial charge in [-0.05, 0) is 24.5 Å². The van der Waals surface area contributed by atoms with Crippen LogP contribution in [0.3, 0.4) is 0 Å². The molecule has 0 heterocycles. The van der Waals surface area contributed by atoms with Crippen molar-refractivity contribution in [3.8, 4) is 0 Å². The number of carboxylic acids is 1. The number of hydrogen-bond acceptors (Lipinski definition) is 2. The van der Waals surface area contributed by atoms with E-state index < -0.39 is 18.0 Å². The predicted molar refractivity (Wildman–Crippen MR) is 77.4 cm³/mol. The highest BCUT2D eigenvalue weighted by atomic mass is 16.4. The quantitative estimate of drug-likeness (QED) is 0.782. The molecule has 0 aliphatic rings. The van der Waals surface area contributed by atoms with Crippen molar-refractivity contribution in [2.45, 2.75) is 25.9 Å². The van der Waals surface area contributed by atoms with E-state index in [0.717, 1.165) is 11.1 Å². The maximum absolute atomic E-state index is 12.0. The van der Waals surface area contributed by atoms with E-state index in [9.17, 15) is 9.59 Å². The summed E-state index contributed by atoms with van der Waals surface area (Å²) in [5, 5.41) is 11.5. The molecule has 1 atom stereocenters. The van der Waals surface area contributed by atoms with Crippen molar-refractivity contribution >= 4 is 12.0 Å². The van der Waals surface area contributed by atoms with Crippen molar-refractivity contribution < 1.29 is 14.7 Å². The number of aliphatic carboxylic acids is 1. The lowest BCUT2D eigenvalue weighted by molar-refractivity contribution is -0.139. The van der Waals surface area contributed by atoms with E-state index >= 15 is 0 Å². The molecule has 1 aromatic carbocycles. The minimum Gasteiger partial charge on any atom is -0.480 e. The molecule has 108 valence electrons. The fourth-order valence-corrected chi connectivity index (χ4v) is 1.76. The summed E-state index contributed by atoms with van der Waals surface area (Å²) >= 11 is 0. The van der Waals surface area contributed by atoms with E-state index in [1.54, 1.807) is 7.05 Å². The zero-order valence-corrected chi connectivity index (χ0v) is 11.8. The molecule has 0 bridgehead atoms. The van der Waals surface area contributed by atoms with Crippen LogP contribution in [0, 0.1) is 6.92 Å². The Hall–Kier alpha value is -2.30. The molecule has 1 aromatic rings. The molecule has 20 heavy (non-hydrogen) atoms. The molecule has 1 rings (SSSR count). The van der Waals surface area contributed by atoms with Gasteiger partial charge in [-0.25, -0.2) is 9.59 Å². The highest BCUT2D eigenvalue weighted by Crippen LogP contribution is 2.09. The summed E-state index contributed by atoms with van der Waals surface area (Å²) in [5.74, 6) is -1.07. The number of nitrogens with zero attached hydrogens (tertiary/aromatic N) is 1. The lowest BCUT2D eigenvalue weighted by atomic mass is 10.1. The number of carboxylic acid groups (broad SMARTS) is 1. The van der Waals surface area contributed by atoms with E-state index in [2.05, 4.69) is 11.9 Å². The highest BCUT2D eigenvalue weighted by Gasteiger charge is 2.20. The SMILES string of the molecule is C=CCC(NC(=O)N(C)Cc1ccccc1C)C(=O)O. The van der Waals surface area contributed by atoms with E-state index in [0.29, 0.717) is 6.54 Å². The summed E-state index contributed by atoms with van der Waals surface area (Å²) in [7, 11) is 1.63. The zero-order valence-electron chi connectivity index (χ0n) is 11.8. The van der Waals surface area contributed by atoms with Crippen LogP contribution in [-0.2, 0) is 11.3 Å². The maximum Gasteiger partial charge on any atom is 0.326 e. The zero-order chi connectivity index (χ0) is 15.1. The van der Waals surface area contributed by atoms with Gasteiger partial charge in [-0.2, -0.15) is 0 Å². The molecular weight excluding hydrogens is 256 g/mol. The molecule has 0 spiro atoms. The number of amides is 2. The summed E-state index contributed by atoms with van der Waals surface area (Å²) < 4.78 is 0. The second-order valence-corrected chi connectivity index (χ2v) is 4.65. The Labute approximate surface area is 118 Å². The van der Waals surface area contributed by atoms with Gasteiger partial charge in [0.1, 0.15) is 6.04 Å². The van der Waals surface area contributed by atoms with Crippen LogP contribution in [-0.4, -0.2) is 35.1 Å². The first kappa shape index (κ1) is 15.8. The monoisotopic (exact) mass is 276 g/mol. The average Bonchev–Trinajstić information content (AvgIpc) is 2.40. The Morgan fingerprint density at radius 2 is 2.10 bits per heavy atom. The normalized spacial score (nSPS) is 11.5. The van der Waals surface area contributed by atoms with Gasteiger partial charge in [0.05, 0.1) is 0 Å². The number of urea groups is 1. The second-order valence-electron chi connectivity index (χ2n) is 4.65. The second kappa shape index (κ2) is 7.33. The predicted octanol–water partition coefficient (Wildman–Crippen LogP) is 2.17. The number of carbonyl (C=O) groups is 2. The van der Waals surface area contributed by atoms with Crippen LogP contribution in [0.5, 0.6) is 0 Å². The molecule has 5 heteroatoms. The lowest BCUT2D eigenvalue weighted by Crippen LogP contribution is -2.46. The molecular formula is C15H20N2O3. The van der Waals surface area contributed by atoms with Gasteiger partial charge >= 0.3 is 12.0 Å². The van der Waals surface area contributed by atoms with Gasteiger partial charge in [0.2, 0.25) is 0 Å². The molecule has 0 saturated carbocycles. The summed E-state index contributed by atoms with van der Waals surface area (Å²) in [6.45, 7) is 5.89. The lowest BCUT2D eigenvalue weighted by Gasteiger charge is -2.21. The van der Waals surface area contributed by atoms with Crippen LogP contribution in [0.4, 0.5) is 4.79 Å². The van der Waals surface area contributed by atoms with Crippen molar-refractivity contribution in [3.05, 3.63) is 48.0 Å². The minimum atomic E-state index is -1.07. The molecule has 0 fully saturated rings. The summed E-state index contributed by atoms with van der Waals surface area (Å²) in [5.41, 5.74) is 2.12. The topological polar surface area (TPSA) is 69.6 Å². The summed E-state index contributed by atoms with van der Waals surface area (Å²) in [4.78, 5) is 24.4. The Balaban J connectivity index is 2.65. The molecule has 0 aromatic heterocycles. The van der Waals surface area contributed by atoms with Gasteiger partial charge in [-0.1, -0.05) is 30.3 Å². The standard InChI is InChI=1S/C15H20N2O3/c1-4-7-13(14(18)19)16-15(20)17(3)10-12-9-6-5-8-11(12)2/h4-6,8-9,13H,1,7,10H2,2-3H3,(H,16,20)(H,18,19). The molecule has 5 nitrogen and oxygen atoms in total. The Bertz CT molecular complexity index is 500. The van der Waals surface area contributed by atoms with Crippen molar-refractivity contribution in [3.63, 3.8) is 0 Å². The van der Waals surface area contributed by atoms with Gasteiger partial charge in [0, 0.05) is 13.6 Å². The van der Waals surface area contributed by atoms with Gasteiger partial charge in [0.25, 0.3) is 0 Å². The minimum absolute atomic E-state index is 0.194. The molecule has 2 N–H and O–H groups in total. The van der Waals surface area contributed by atoms with Crippen molar-refractivity contribution in [1.82, 2.24) is 10.2 Å². The molecule has 0 aliphatic heterocycles. The number of aryl methyl sites for hydroxylation is 1. The number of hydrogen-bond donors (Lipinski definition) is 2.